The molecule has 0 saturated carbocycles. The van der Waals surface area contributed by atoms with Gasteiger partial charge >= 0.3 is 6.18 Å². The van der Waals surface area contributed by atoms with Crippen molar-refractivity contribution in [2.75, 3.05) is 0 Å². The molecule has 76 valence electrons. The van der Waals surface area contributed by atoms with Crippen LogP contribution < -0.4 is 0 Å². The molecule has 0 amide bonds. The number of alkyl halides is 3. The van der Waals surface area contributed by atoms with Gasteiger partial charge in [0.25, 0.3) is 0 Å². The third kappa shape index (κ3) is 2.04. The van der Waals surface area contributed by atoms with E-state index in [-0.39, 0.29) is 16.3 Å². The standard InChI is InChI=1S/C8H5ClF3NO/c1-4-6(9)2-5(8(10,11)12)3-7(4)13-14/h2-3H,1H3. The molecule has 0 unspecified atom stereocenters. The fourth-order valence-corrected chi connectivity index (χ4v) is 1.14. The summed E-state index contributed by atoms with van der Waals surface area (Å²) in [4.78, 5) is 10.2. The van der Waals surface area contributed by atoms with Gasteiger partial charge in [-0.3, -0.25) is 0 Å². The number of halogens is 4. The molecule has 2 nitrogen and oxygen atoms in total. The Bertz CT molecular complexity index is 376. The van der Waals surface area contributed by atoms with Gasteiger partial charge in [-0.25, -0.2) is 0 Å². The summed E-state index contributed by atoms with van der Waals surface area (Å²) in [5.74, 6) is 0. The van der Waals surface area contributed by atoms with Crippen molar-refractivity contribution >= 4 is 17.3 Å². The maximum atomic E-state index is 12.2. The molecule has 0 heterocycles. The summed E-state index contributed by atoms with van der Waals surface area (Å²) in [5.41, 5.74) is -1.01. The Kier molecular flexibility index (Phi) is 2.80. The van der Waals surface area contributed by atoms with E-state index in [1.54, 1.807) is 0 Å². The van der Waals surface area contributed by atoms with Crippen LogP contribution in [0.4, 0.5) is 18.9 Å². The third-order valence-electron chi connectivity index (χ3n) is 1.74. The van der Waals surface area contributed by atoms with Crippen LogP contribution >= 0.6 is 11.6 Å². The minimum atomic E-state index is -4.52. The number of nitroso groups, excluding NO2 is 1. The summed E-state index contributed by atoms with van der Waals surface area (Å²) in [6.07, 6.45) is -4.52. The van der Waals surface area contributed by atoms with Crippen LogP contribution in [-0.2, 0) is 6.18 Å². The highest BCUT2D eigenvalue weighted by molar-refractivity contribution is 6.31. The molecule has 14 heavy (non-hydrogen) atoms. The normalized spacial score (nSPS) is 11.5. The Hall–Kier alpha value is -1.10. The molecule has 0 saturated heterocycles. The highest BCUT2D eigenvalue weighted by Gasteiger charge is 2.31. The average molecular weight is 224 g/mol. The second-order valence-corrected chi connectivity index (χ2v) is 3.10. The number of hydrogen-bond donors (Lipinski definition) is 0. The zero-order valence-electron chi connectivity index (χ0n) is 7.02. The minimum absolute atomic E-state index is 0.116. The van der Waals surface area contributed by atoms with Gasteiger partial charge < -0.3 is 0 Å². The largest absolute Gasteiger partial charge is 0.416 e. The molecule has 1 aromatic carbocycles. The number of benzene rings is 1. The topological polar surface area (TPSA) is 29.4 Å². The van der Waals surface area contributed by atoms with Gasteiger partial charge in [-0.1, -0.05) is 11.6 Å². The molecule has 0 radical (unpaired) electrons. The van der Waals surface area contributed by atoms with Gasteiger partial charge in [-0.2, -0.15) is 13.2 Å². The summed E-state index contributed by atoms with van der Waals surface area (Å²) in [7, 11) is 0. The molecule has 0 atom stereocenters. The lowest BCUT2D eigenvalue weighted by molar-refractivity contribution is -0.137. The second-order valence-electron chi connectivity index (χ2n) is 2.69. The Labute approximate surface area is 82.7 Å². The fourth-order valence-electron chi connectivity index (χ4n) is 0.923. The maximum Gasteiger partial charge on any atom is 0.416 e. The number of nitrogens with zero attached hydrogens (tertiary/aromatic N) is 1. The first-order chi connectivity index (χ1) is 6.36. The van der Waals surface area contributed by atoms with Gasteiger partial charge in [-0.05, 0) is 29.8 Å². The Morgan fingerprint density at radius 1 is 1.36 bits per heavy atom. The molecular weight excluding hydrogens is 219 g/mol. The zero-order valence-corrected chi connectivity index (χ0v) is 7.78. The maximum absolute atomic E-state index is 12.2. The lowest BCUT2D eigenvalue weighted by Gasteiger charge is -2.09. The van der Waals surface area contributed by atoms with Crippen molar-refractivity contribution in [2.45, 2.75) is 13.1 Å². The van der Waals surface area contributed by atoms with Crippen molar-refractivity contribution in [1.29, 1.82) is 0 Å². The molecule has 0 N–H and O–H groups in total. The van der Waals surface area contributed by atoms with Crippen molar-refractivity contribution in [1.82, 2.24) is 0 Å². The Balaban J connectivity index is 3.37. The Morgan fingerprint density at radius 3 is 2.36 bits per heavy atom. The van der Waals surface area contributed by atoms with Crippen LogP contribution in [0.3, 0.4) is 0 Å². The average Bonchev–Trinajstić information content (AvgIpc) is 2.07. The van der Waals surface area contributed by atoms with E-state index in [4.69, 9.17) is 11.6 Å². The summed E-state index contributed by atoms with van der Waals surface area (Å²) < 4.78 is 36.6. The van der Waals surface area contributed by atoms with Gasteiger partial charge in [0, 0.05) is 5.02 Å². The molecule has 0 spiro atoms. The van der Waals surface area contributed by atoms with Crippen molar-refractivity contribution in [3.63, 3.8) is 0 Å². The Morgan fingerprint density at radius 2 is 1.93 bits per heavy atom. The van der Waals surface area contributed by atoms with Crippen LogP contribution in [0.1, 0.15) is 11.1 Å². The van der Waals surface area contributed by atoms with E-state index < -0.39 is 11.7 Å². The van der Waals surface area contributed by atoms with Gasteiger partial charge in [0.15, 0.2) is 0 Å². The SMILES string of the molecule is Cc1c(Cl)cc(C(F)(F)F)cc1N=O. The van der Waals surface area contributed by atoms with E-state index >= 15 is 0 Å². The molecule has 1 aromatic rings. The fraction of sp³-hybridized carbons (Fsp3) is 0.250. The number of rotatable bonds is 1. The first kappa shape index (κ1) is 11.0. The van der Waals surface area contributed by atoms with Gasteiger partial charge in [0.05, 0.1) is 5.56 Å². The summed E-state index contributed by atoms with van der Waals surface area (Å²) in [5, 5.41) is 2.35. The van der Waals surface area contributed by atoms with Crippen LogP contribution in [0.2, 0.25) is 5.02 Å². The summed E-state index contributed by atoms with van der Waals surface area (Å²) in [6.45, 7) is 1.43. The van der Waals surface area contributed by atoms with E-state index in [1.165, 1.54) is 6.92 Å². The predicted molar refractivity (Wildman–Crippen MR) is 46.6 cm³/mol. The highest BCUT2D eigenvalue weighted by atomic mass is 35.5. The van der Waals surface area contributed by atoms with Crippen LogP contribution in [0.15, 0.2) is 17.3 Å². The summed E-state index contributed by atoms with van der Waals surface area (Å²) in [6, 6.07) is 1.44. The van der Waals surface area contributed by atoms with Crippen LogP contribution in [0, 0.1) is 11.8 Å². The molecule has 6 heteroatoms. The molecule has 0 aliphatic rings. The predicted octanol–water partition coefficient (Wildman–Crippen LogP) is 4.07. The molecule has 0 fully saturated rings. The number of hydrogen-bond acceptors (Lipinski definition) is 2. The quantitative estimate of drug-likeness (QED) is 0.660. The second kappa shape index (κ2) is 3.57. The van der Waals surface area contributed by atoms with Crippen molar-refractivity contribution < 1.29 is 13.2 Å². The lowest BCUT2D eigenvalue weighted by Crippen LogP contribution is -2.04. The monoisotopic (exact) mass is 223 g/mol. The highest BCUT2D eigenvalue weighted by Crippen LogP contribution is 2.36. The first-order valence-electron chi connectivity index (χ1n) is 3.57. The molecule has 0 aliphatic carbocycles. The van der Waals surface area contributed by atoms with Crippen molar-refractivity contribution in [3.8, 4) is 0 Å². The molecule has 0 bridgehead atoms. The van der Waals surface area contributed by atoms with Crippen LogP contribution in [0.5, 0.6) is 0 Å². The molecule has 1 rings (SSSR count). The molecule has 0 aliphatic heterocycles. The minimum Gasteiger partial charge on any atom is -0.166 e. The summed E-state index contributed by atoms with van der Waals surface area (Å²) >= 11 is 5.50. The zero-order chi connectivity index (χ0) is 10.9. The molecular formula is C8H5ClF3NO. The first-order valence-corrected chi connectivity index (χ1v) is 3.94. The van der Waals surface area contributed by atoms with E-state index in [9.17, 15) is 18.1 Å². The van der Waals surface area contributed by atoms with Crippen LogP contribution in [0.25, 0.3) is 0 Å². The van der Waals surface area contributed by atoms with Crippen molar-refractivity contribution in [3.05, 3.63) is 33.2 Å². The van der Waals surface area contributed by atoms with E-state index in [0.717, 1.165) is 6.07 Å². The third-order valence-corrected chi connectivity index (χ3v) is 2.14. The van der Waals surface area contributed by atoms with E-state index in [0.29, 0.717) is 6.07 Å². The smallest absolute Gasteiger partial charge is 0.166 e. The van der Waals surface area contributed by atoms with Crippen molar-refractivity contribution in [2.24, 2.45) is 5.18 Å². The van der Waals surface area contributed by atoms with Crippen LogP contribution in [-0.4, -0.2) is 0 Å². The lowest BCUT2D eigenvalue weighted by atomic mass is 10.1. The van der Waals surface area contributed by atoms with Gasteiger partial charge in [-0.15, -0.1) is 4.91 Å². The van der Waals surface area contributed by atoms with Gasteiger partial charge in [0.1, 0.15) is 5.69 Å². The van der Waals surface area contributed by atoms with Gasteiger partial charge in [0.2, 0.25) is 0 Å². The van der Waals surface area contributed by atoms with E-state index in [1.807, 2.05) is 0 Å². The van der Waals surface area contributed by atoms with E-state index in [2.05, 4.69) is 5.18 Å². The molecule has 0 aromatic heterocycles.